The van der Waals surface area contributed by atoms with Gasteiger partial charge in [-0.05, 0) is 42.8 Å². The zero-order valence-corrected chi connectivity index (χ0v) is 12.3. The van der Waals surface area contributed by atoms with Crippen LogP contribution in [0.25, 0.3) is 11.0 Å². The van der Waals surface area contributed by atoms with E-state index in [1.165, 1.54) is 11.1 Å². The lowest BCUT2D eigenvalue weighted by molar-refractivity contribution is 0.631. The number of benzene rings is 1. The summed E-state index contributed by atoms with van der Waals surface area (Å²) in [5.74, 6) is 1.15. The van der Waals surface area contributed by atoms with Crippen LogP contribution < -0.4 is 5.32 Å². The van der Waals surface area contributed by atoms with Crippen LogP contribution in [0, 0.1) is 0 Å². The second-order valence-corrected chi connectivity index (χ2v) is 5.21. The predicted octanol–water partition coefficient (Wildman–Crippen LogP) is 2.69. The predicted molar refractivity (Wildman–Crippen MR) is 85.0 cm³/mol. The topological polar surface area (TPSA) is 42.7 Å². The standard InChI is InChI=1S/C17H20N4/c1-21-16-6-3-2-5-15(16)20-17(21)7-4-10-19-13-14-8-11-18-12-9-14/h2-3,5-6,8-9,11-12,19H,4,7,10,13H2,1H3. The van der Waals surface area contributed by atoms with Crippen molar-refractivity contribution in [3.8, 4) is 0 Å². The molecule has 0 atom stereocenters. The zero-order chi connectivity index (χ0) is 14.5. The number of nitrogens with one attached hydrogen (secondary N) is 1. The Balaban J connectivity index is 1.49. The van der Waals surface area contributed by atoms with Gasteiger partial charge in [0.15, 0.2) is 0 Å². The number of pyridine rings is 1. The highest BCUT2D eigenvalue weighted by Crippen LogP contribution is 2.14. The van der Waals surface area contributed by atoms with Gasteiger partial charge in [0.2, 0.25) is 0 Å². The third-order valence-electron chi connectivity index (χ3n) is 3.71. The number of aryl methyl sites for hydroxylation is 2. The summed E-state index contributed by atoms with van der Waals surface area (Å²) < 4.78 is 2.19. The second kappa shape index (κ2) is 6.50. The Labute approximate surface area is 124 Å². The Bertz CT molecular complexity index is 703. The molecule has 21 heavy (non-hydrogen) atoms. The average molecular weight is 280 g/mol. The molecule has 2 aromatic heterocycles. The molecule has 0 spiro atoms. The molecule has 0 fully saturated rings. The maximum Gasteiger partial charge on any atom is 0.109 e. The third kappa shape index (κ3) is 3.28. The van der Waals surface area contributed by atoms with Gasteiger partial charge in [-0.1, -0.05) is 12.1 Å². The molecule has 1 aromatic carbocycles. The van der Waals surface area contributed by atoms with E-state index in [1.54, 1.807) is 0 Å². The molecule has 1 N–H and O–H groups in total. The molecular formula is C17H20N4. The number of rotatable bonds is 6. The van der Waals surface area contributed by atoms with Crippen molar-refractivity contribution in [2.45, 2.75) is 19.4 Å². The maximum absolute atomic E-state index is 4.69. The molecule has 0 amide bonds. The van der Waals surface area contributed by atoms with E-state index in [2.05, 4.69) is 40.1 Å². The Kier molecular flexibility index (Phi) is 4.26. The van der Waals surface area contributed by atoms with Gasteiger partial charge in [0.25, 0.3) is 0 Å². The van der Waals surface area contributed by atoms with Gasteiger partial charge in [0.05, 0.1) is 11.0 Å². The first kappa shape index (κ1) is 13.8. The lowest BCUT2D eigenvalue weighted by Gasteiger charge is -2.05. The first-order valence-electron chi connectivity index (χ1n) is 7.34. The molecule has 3 rings (SSSR count). The van der Waals surface area contributed by atoms with Crippen molar-refractivity contribution < 1.29 is 0 Å². The van der Waals surface area contributed by atoms with Gasteiger partial charge < -0.3 is 9.88 Å². The molecule has 2 heterocycles. The zero-order valence-electron chi connectivity index (χ0n) is 12.3. The summed E-state index contributed by atoms with van der Waals surface area (Å²) in [6.45, 7) is 1.89. The number of fused-ring (bicyclic) bond motifs is 1. The molecule has 3 aromatic rings. The van der Waals surface area contributed by atoms with Crippen LogP contribution in [-0.2, 0) is 20.0 Å². The van der Waals surface area contributed by atoms with E-state index in [1.807, 2.05) is 30.6 Å². The summed E-state index contributed by atoms with van der Waals surface area (Å²) in [5.41, 5.74) is 3.56. The van der Waals surface area contributed by atoms with Crippen molar-refractivity contribution in [1.29, 1.82) is 0 Å². The molecule has 0 aliphatic rings. The van der Waals surface area contributed by atoms with Gasteiger partial charge in [0, 0.05) is 32.4 Å². The average Bonchev–Trinajstić information content (AvgIpc) is 2.85. The fourth-order valence-corrected chi connectivity index (χ4v) is 2.52. The maximum atomic E-state index is 4.69. The lowest BCUT2D eigenvalue weighted by Crippen LogP contribution is -2.15. The van der Waals surface area contributed by atoms with Crippen molar-refractivity contribution >= 4 is 11.0 Å². The van der Waals surface area contributed by atoms with Gasteiger partial charge in [-0.2, -0.15) is 0 Å². The Morgan fingerprint density at radius 3 is 2.71 bits per heavy atom. The second-order valence-electron chi connectivity index (χ2n) is 5.21. The number of nitrogens with zero attached hydrogens (tertiary/aromatic N) is 3. The summed E-state index contributed by atoms with van der Waals surface area (Å²) in [6.07, 6.45) is 5.74. The number of aromatic nitrogens is 3. The van der Waals surface area contributed by atoms with Crippen molar-refractivity contribution in [1.82, 2.24) is 19.9 Å². The highest BCUT2D eigenvalue weighted by atomic mass is 15.1. The Hall–Kier alpha value is -2.20. The van der Waals surface area contributed by atoms with Gasteiger partial charge >= 0.3 is 0 Å². The smallest absolute Gasteiger partial charge is 0.109 e. The van der Waals surface area contributed by atoms with Crippen LogP contribution in [0.2, 0.25) is 0 Å². The molecule has 4 nitrogen and oxygen atoms in total. The van der Waals surface area contributed by atoms with Gasteiger partial charge in [0.1, 0.15) is 5.82 Å². The fraction of sp³-hybridized carbons (Fsp3) is 0.294. The molecule has 4 heteroatoms. The van der Waals surface area contributed by atoms with Crippen molar-refractivity contribution in [3.63, 3.8) is 0 Å². The van der Waals surface area contributed by atoms with Crippen molar-refractivity contribution in [3.05, 3.63) is 60.2 Å². The monoisotopic (exact) mass is 280 g/mol. The molecular weight excluding hydrogens is 260 g/mol. The number of para-hydroxylation sites is 2. The van der Waals surface area contributed by atoms with Crippen LogP contribution in [0.4, 0.5) is 0 Å². The molecule has 0 saturated heterocycles. The number of imidazole rings is 1. The fourth-order valence-electron chi connectivity index (χ4n) is 2.52. The summed E-state index contributed by atoms with van der Waals surface area (Å²) in [6, 6.07) is 12.4. The highest BCUT2D eigenvalue weighted by molar-refractivity contribution is 5.75. The van der Waals surface area contributed by atoms with E-state index in [0.717, 1.165) is 37.3 Å². The van der Waals surface area contributed by atoms with E-state index in [9.17, 15) is 0 Å². The minimum absolute atomic E-state index is 0.894. The SMILES string of the molecule is Cn1c(CCCNCc2ccncc2)nc2ccccc21. The molecule has 0 saturated carbocycles. The molecule has 0 unspecified atom stereocenters. The first-order chi connectivity index (χ1) is 10.3. The highest BCUT2D eigenvalue weighted by Gasteiger charge is 2.06. The van der Waals surface area contributed by atoms with E-state index >= 15 is 0 Å². The number of hydrogen-bond acceptors (Lipinski definition) is 3. The van der Waals surface area contributed by atoms with Gasteiger partial charge in [-0.3, -0.25) is 4.98 Å². The third-order valence-corrected chi connectivity index (χ3v) is 3.71. The molecule has 0 aliphatic heterocycles. The van der Waals surface area contributed by atoms with E-state index in [0.29, 0.717) is 0 Å². The Morgan fingerprint density at radius 2 is 1.90 bits per heavy atom. The van der Waals surface area contributed by atoms with Gasteiger partial charge in [-0.15, -0.1) is 0 Å². The van der Waals surface area contributed by atoms with Gasteiger partial charge in [-0.25, -0.2) is 4.98 Å². The largest absolute Gasteiger partial charge is 0.331 e. The van der Waals surface area contributed by atoms with E-state index in [4.69, 9.17) is 4.98 Å². The Morgan fingerprint density at radius 1 is 1.10 bits per heavy atom. The summed E-state index contributed by atoms with van der Waals surface area (Å²) >= 11 is 0. The summed E-state index contributed by atoms with van der Waals surface area (Å²) in [5, 5.41) is 3.46. The lowest BCUT2D eigenvalue weighted by atomic mass is 10.2. The van der Waals surface area contributed by atoms with E-state index in [-0.39, 0.29) is 0 Å². The number of hydrogen-bond donors (Lipinski definition) is 1. The van der Waals surface area contributed by atoms with Crippen LogP contribution in [0.15, 0.2) is 48.8 Å². The minimum atomic E-state index is 0.894. The summed E-state index contributed by atoms with van der Waals surface area (Å²) in [7, 11) is 2.09. The minimum Gasteiger partial charge on any atom is -0.331 e. The van der Waals surface area contributed by atoms with Crippen LogP contribution in [-0.4, -0.2) is 21.1 Å². The van der Waals surface area contributed by atoms with Crippen LogP contribution in [0.5, 0.6) is 0 Å². The van der Waals surface area contributed by atoms with Crippen molar-refractivity contribution in [2.75, 3.05) is 6.54 Å². The molecule has 0 bridgehead atoms. The van der Waals surface area contributed by atoms with Crippen LogP contribution in [0.1, 0.15) is 17.8 Å². The molecule has 0 radical (unpaired) electrons. The van der Waals surface area contributed by atoms with Crippen LogP contribution in [0.3, 0.4) is 0 Å². The van der Waals surface area contributed by atoms with Crippen LogP contribution >= 0.6 is 0 Å². The van der Waals surface area contributed by atoms with E-state index < -0.39 is 0 Å². The summed E-state index contributed by atoms with van der Waals surface area (Å²) in [4.78, 5) is 8.72. The normalized spacial score (nSPS) is 11.1. The van der Waals surface area contributed by atoms with Crippen molar-refractivity contribution in [2.24, 2.45) is 7.05 Å². The molecule has 0 aliphatic carbocycles. The first-order valence-corrected chi connectivity index (χ1v) is 7.34. The molecule has 108 valence electrons. The quantitative estimate of drug-likeness (QED) is 0.706.